The standard InChI is InChI=1S/C13H12N2O2S/c1-8-4-3-5-9(6-8)7-10-11(16)14-13(18)15(2)12(10)17/h3-7H,1-2H3,(H,14,16,18)/b10-7+. The molecule has 1 heterocycles. The van der Waals surface area contributed by atoms with Crippen molar-refractivity contribution >= 4 is 35.2 Å². The van der Waals surface area contributed by atoms with Crippen LogP contribution in [0.1, 0.15) is 11.1 Å². The third-order valence-corrected chi connectivity index (χ3v) is 3.03. The Morgan fingerprint density at radius 3 is 2.72 bits per heavy atom. The lowest BCUT2D eigenvalue weighted by Crippen LogP contribution is -2.52. The van der Waals surface area contributed by atoms with Crippen LogP contribution in [0.2, 0.25) is 0 Å². The number of amides is 2. The fourth-order valence-corrected chi connectivity index (χ4v) is 1.85. The van der Waals surface area contributed by atoms with Crippen molar-refractivity contribution in [3.8, 4) is 0 Å². The summed E-state index contributed by atoms with van der Waals surface area (Å²) < 4.78 is 0. The third-order valence-electron chi connectivity index (χ3n) is 2.66. The van der Waals surface area contributed by atoms with E-state index in [1.165, 1.54) is 11.9 Å². The molecule has 1 fully saturated rings. The maximum atomic E-state index is 11.9. The number of hydrogen-bond acceptors (Lipinski definition) is 3. The third kappa shape index (κ3) is 2.31. The minimum atomic E-state index is -0.454. The number of carbonyl (C=O) groups is 2. The number of benzene rings is 1. The zero-order valence-electron chi connectivity index (χ0n) is 10.1. The van der Waals surface area contributed by atoms with Gasteiger partial charge in [0.2, 0.25) is 0 Å². The maximum Gasteiger partial charge on any atom is 0.265 e. The quantitative estimate of drug-likeness (QED) is 0.470. The van der Waals surface area contributed by atoms with Gasteiger partial charge < -0.3 is 0 Å². The molecule has 0 atom stereocenters. The Bertz CT molecular complexity index is 578. The summed E-state index contributed by atoms with van der Waals surface area (Å²) in [5.41, 5.74) is 1.98. The van der Waals surface area contributed by atoms with Crippen molar-refractivity contribution in [2.45, 2.75) is 6.92 Å². The van der Waals surface area contributed by atoms with E-state index in [1.54, 1.807) is 6.08 Å². The van der Waals surface area contributed by atoms with Gasteiger partial charge in [0.25, 0.3) is 11.8 Å². The summed E-state index contributed by atoms with van der Waals surface area (Å²) in [7, 11) is 1.54. The van der Waals surface area contributed by atoms with E-state index in [2.05, 4.69) is 5.32 Å². The Balaban J connectivity index is 2.40. The first-order valence-electron chi connectivity index (χ1n) is 5.41. The predicted molar refractivity (Wildman–Crippen MR) is 72.7 cm³/mol. The molecule has 0 aromatic heterocycles. The summed E-state index contributed by atoms with van der Waals surface area (Å²) >= 11 is 4.87. The highest BCUT2D eigenvalue weighted by atomic mass is 32.1. The molecule has 0 spiro atoms. The van der Waals surface area contributed by atoms with E-state index in [4.69, 9.17) is 12.2 Å². The van der Waals surface area contributed by atoms with Crippen molar-refractivity contribution in [1.29, 1.82) is 0 Å². The SMILES string of the molecule is Cc1cccc(/C=C2\C(=O)NC(=S)N(C)C2=O)c1. The molecule has 1 aliphatic heterocycles. The first-order valence-corrected chi connectivity index (χ1v) is 5.81. The molecule has 1 N–H and O–H groups in total. The molecular weight excluding hydrogens is 248 g/mol. The first kappa shape index (κ1) is 12.4. The zero-order chi connectivity index (χ0) is 13.3. The van der Waals surface area contributed by atoms with Crippen molar-refractivity contribution < 1.29 is 9.59 Å². The summed E-state index contributed by atoms with van der Waals surface area (Å²) in [6.07, 6.45) is 1.57. The number of likely N-dealkylation sites (N-methyl/N-ethyl adjacent to an activating group) is 1. The molecule has 0 aliphatic carbocycles. The van der Waals surface area contributed by atoms with Gasteiger partial charge in [-0.2, -0.15) is 0 Å². The molecule has 5 heteroatoms. The Morgan fingerprint density at radius 1 is 1.33 bits per heavy atom. The van der Waals surface area contributed by atoms with Gasteiger partial charge >= 0.3 is 0 Å². The molecule has 2 rings (SSSR count). The van der Waals surface area contributed by atoms with Crippen LogP contribution in [0.25, 0.3) is 6.08 Å². The van der Waals surface area contributed by atoms with Gasteiger partial charge in [-0.1, -0.05) is 29.8 Å². The Morgan fingerprint density at radius 2 is 2.06 bits per heavy atom. The van der Waals surface area contributed by atoms with Crippen LogP contribution >= 0.6 is 12.2 Å². The summed E-state index contributed by atoms with van der Waals surface area (Å²) in [6, 6.07) is 7.57. The van der Waals surface area contributed by atoms with E-state index in [-0.39, 0.29) is 16.6 Å². The van der Waals surface area contributed by atoms with Crippen LogP contribution in [0.3, 0.4) is 0 Å². The van der Waals surface area contributed by atoms with Gasteiger partial charge in [0.1, 0.15) is 5.57 Å². The van der Waals surface area contributed by atoms with Gasteiger partial charge in [0.05, 0.1) is 0 Å². The molecule has 0 unspecified atom stereocenters. The van der Waals surface area contributed by atoms with Crippen molar-refractivity contribution in [2.75, 3.05) is 7.05 Å². The lowest BCUT2D eigenvalue weighted by Gasteiger charge is -2.25. The Hall–Kier alpha value is -2.01. The monoisotopic (exact) mass is 260 g/mol. The highest BCUT2D eigenvalue weighted by Crippen LogP contribution is 2.14. The van der Waals surface area contributed by atoms with Crippen LogP contribution in [-0.2, 0) is 9.59 Å². The van der Waals surface area contributed by atoms with Gasteiger partial charge in [-0.05, 0) is 30.8 Å². The number of nitrogens with zero attached hydrogens (tertiary/aromatic N) is 1. The predicted octanol–water partition coefficient (Wildman–Crippen LogP) is 1.25. The van der Waals surface area contributed by atoms with Crippen LogP contribution < -0.4 is 5.32 Å². The average Bonchev–Trinajstić information content (AvgIpc) is 2.32. The second-order valence-electron chi connectivity index (χ2n) is 4.10. The van der Waals surface area contributed by atoms with Crippen LogP contribution in [0.15, 0.2) is 29.8 Å². The van der Waals surface area contributed by atoms with Crippen molar-refractivity contribution in [2.24, 2.45) is 0 Å². The van der Waals surface area contributed by atoms with Crippen LogP contribution in [0, 0.1) is 6.92 Å². The molecule has 1 saturated heterocycles. The second kappa shape index (κ2) is 4.70. The molecule has 0 bridgehead atoms. The molecule has 18 heavy (non-hydrogen) atoms. The molecule has 1 aromatic carbocycles. The van der Waals surface area contributed by atoms with Crippen LogP contribution in [0.4, 0.5) is 0 Å². The van der Waals surface area contributed by atoms with Gasteiger partial charge in [-0.15, -0.1) is 0 Å². The second-order valence-corrected chi connectivity index (χ2v) is 4.48. The molecule has 0 radical (unpaired) electrons. The van der Waals surface area contributed by atoms with Gasteiger partial charge in [-0.3, -0.25) is 19.8 Å². The van der Waals surface area contributed by atoms with E-state index in [1.807, 2.05) is 31.2 Å². The smallest absolute Gasteiger partial charge is 0.265 e. The van der Waals surface area contributed by atoms with E-state index in [0.717, 1.165) is 11.1 Å². The number of aryl methyl sites for hydroxylation is 1. The fourth-order valence-electron chi connectivity index (χ4n) is 1.67. The molecule has 92 valence electrons. The van der Waals surface area contributed by atoms with Crippen LogP contribution in [0.5, 0.6) is 0 Å². The summed E-state index contributed by atoms with van der Waals surface area (Å²) in [5.74, 6) is -0.838. The lowest BCUT2D eigenvalue weighted by molar-refractivity contribution is -0.128. The summed E-state index contributed by atoms with van der Waals surface area (Å²) in [5, 5.41) is 2.60. The van der Waals surface area contributed by atoms with Crippen molar-refractivity contribution in [1.82, 2.24) is 10.2 Å². The van der Waals surface area contributed by atoms with Gasteiger partial charge in [-0.25, -0.2) is 0 Å². The first-order chi connectivity index (χ1) is 8.49. The molecule has 2 amide bonds. The average molecular weight is 260 g/mol. The minimum Gasteiger partial charge on any atom is -0.298 e. The molecule has 4 nitrogen and oxygen atoms in total. The lowest BCUT2D eigenvalue weighted by atomic mass is 10.1. The number of carbonyl (C=O) groups excluding carboxylic acids is 2. The molecule has 0 saturated carbocycles. The minimum absolute atomic E-state index is 0.0942. The van der Waals surface area contributed by atoms with E-state index >= 15 is 0 Å². The maximum absolute atomic E-state index is 11.9. The zero-order valence-corrected chi connectivity index (χ0v) is 10.9. The number of nitrogens with one attached hydrogen (secondary N) is 1. The Labute approximate surface area is 110 Å². The van der Waals surface area contributed by atoms with Crippen molar-refractivity contribution in [3.05, 3.63) is 41.0 Å². The fraction of sp³-hybridized carbons (Fsp3) is 0.154. The number of thiocarbonyl (C=S) groups is 1. The van der Waals surface area contributed by atoms with Gasteiger partial charge in [0.15, 0.2) is 5.11 Å². The molecular formula is C13H12N2O2S. The highest BCUT2D eigenvalue weighted by molar-refractivity contribution is 7.80. The van der Waals surface area contributed by atoms with Crippen molar-refractivity contribution in [3.63, 3.8) is 0 Å². The largest absolute Gasteiger partial charge is 0.298 e. The summed E-state index contributed by atoms with van der Waals surface area (Å²) in [6.45, 7) is 1.95. The molecule has 1 aromatic rings. The highest BCUT2D eigenvalue weighted by Gasteiger charge is 2.30. The van der Waals surface area contributed by atoms with E-state index < -0.39 is 5.91 Å². The summed E-state index contributed by atoms with van der Waals surface area (Å²) in [4.78, 5) is 24.9. The van der Waals surface area contributed by atoms with Gasteiger partial charge in [0, 0.05) is 7.05 Å². The normalized spacial score (nSPS) is 18.2. The number of rotatable bonds is 1. The number of hydrogen-bond donors (Lipinski definition) is 1. The Kier molecular flexibility index (Phi) is 3.25. The topological polar surface area (TPSA) is 49.4 Å². The molecule has 1 aliphatic rings. The van der Waals surface area contributed by atoms with E-state index in [9.17, 15) is 9.59 Å². The van der Waals surface area contributed by atoms with Crippen LogP contribution in [-0.4, -0.2) is 28.9 Å². The van der Waals surface area contributed by atoms with E-state index in [0.29, 0.717) is 0 Å².